The lowest BCUT2D eigenvalue weighted by atomic mass is 10.9. The van der Waals surface area contributed by atoms with Crippen molar-refractivity contribution in [2.45, 2.75) is 12.4 Å². The van der Waals surface area contributed by atoms with Crippen LogP contribution in [0.4, 0.5) is 4.39 Å². The average molecular weight is 79.1 g/mol. The summed E-state index contributed by atoms with van der Waals surface area (Å²) < 4.78 is 10.8. The second-order valence-corrected chi connectivity index (χ2v) is 1.19. The lowest BCUT2D eigenvalue weighted by molar-refractivity contribution is 0.487. The highest BCUT2D eigenvalue weighted by molar-refractivity contribution is 7.80. The van der Waals surface area contributed by atoms with Gasteiger partial charge in [-0.1, -0.05) is 12.6 Å². The van der Waals surface area contributed by atoms with Gasteiger partial charge in [0.15, 0.2) is 5.50 Å². The van der Waals surface area contributed by atoms with Crippen LogP contribution in [0.1, 0.15) is 6.92 Å². The van der Waals surface area contributed by atoms with Gasteiger partial charge in [0, 0.05) is 0 Å². The first kappa shape index (κ1) is 4.28. The van der Waals surface area contributed by atoms with E-state index in [2.05, 4.69) is 12.6 Å². The Morgan fingerprint density at radius 1 is 2.00 bits per heavy atom. The molecule has 0 aromatic rings. The third-order valence-corrected chi connectivity index (χ3v) is 0. The highest BCUT2D eigenvalue weighted by Crippen LogP contribution is 1.88. The maximum atomic E-state index is 10.8. The van der Waals surface area contributed by atoms with Crippen LogP contribution in [0.25, 0.3) is 0 Å². The molecule has 0 saturated heterocycles. The summed E-state index contributed by atoms with van der Waals surface area (Å²) >= 11 is 3.95. The largest absolute Gasteiger partial charge is 0.235 e. The molecule has 25 valence electrons. The normalized spacial score (nSPS) is 15.8. The molecule has 0 amide bonds. The first-order valence-corrected chi connectivity index (χ1v) is 1.50. The van der Waals surface area contributed by atoms with Gasteiger partial charge in [0.05, 0.1) is 0 Å². The van der Waals surface area contributed by atoms with Crippen LogP contribution >= 0.6 is 12.6 Å². The standard InChI is InChI=1S/C2H4FS/c1-2(3)4/h2H,1H3/t2-/m0/s1. The van der Waals surface area contributed by atoms with Crippen LogP contribution in [0.3, 0.4) is 0 Å². The molecular formula is C2H4FS. The Balaban J connectivity index is 2.32. The van der Waals surface area contributed by atoms with Gasteiger partial charge >= 0.3 is 0 Å². The molecule has 0 bridgehead atoms. The van der Waals surface area contributed by atoms with E-state index in [-0.39, 0.29) is 0 Å². The maximum Gasteiger partial charge on any atom is 0.153 e. The lowest BCUT2D eigenvalue weighted by Gasteiger charge is -1.71. The minimum absolute atomic E-state index is 1.08. The van der Waals surface area contributed by atoms with Crippen molar-refractivity contribution in [3.8, 4) is 0 Å². The summed E-state index contributed by atoms with van der Waals surface area (Å²) in [6, 6.07) is 0. The van der Waals surface area contributed by atoms with Crippen molar-refractivity contribution in [2.75, 3.05) is 0 Å². The molecule has 0 aliphatic heterocycles. The molecular weight excluding hydrogens is 75.1 g/mol. The van der Waals surface area contributed by atoms with Gasteiger partial charge in [-0.25, -0.2) is 4.39 Å². The summed E-state index contributed by atoms with van der Waals surface area (Å²) in [7, 11) is 0. The van der Waals surface area contributed by atoms with Crippen molar-refractivity contribution in [3.05, 3.63) is 0 Å². The Morgan fingerprint density at radius 3 is 2.00 bits per heavy atom. The minimum atomic E-state index is -1.08. The van der Waals surface area contributed by atoms with Gasteiger partial charge in [-0.05, 0) is 6.92 Å². The van der Waals surface area contributed by atoms with Gasteiger partial charge in [0.25, 0.3) is 0 Å². The molecule has 0 aliphatic rings. The zero-order valence-electron chi connectivity index (χ0n) is 2.36. The Morgan fingerprint density at radius 2 is 2.00 bits per heavy atom. The van der Waals surface area contributed by atoms with Crippen molar-refractivity contribution in [2.24, 2.45) is 0 Å². The maximum absolute atomic E-state index is 10.8. The number of alkyl halides is 1. The highest BCUT2D eigenvalue weighted by Gasteiger charge is 1.76. The molecule has 0 spiro atoms. The molecule has 0 N–H and O–H groups in total. The van der Waals surface area contributed by atoms with E-state index in [1.54, 1.807) is 0 Å². The van der Waals surface area contributed by atoms with Gasteiger partial charge in [-0.15, -0.1) is 0 Å². The van der Waals surface area contributed by atoms with Gasteiger partial charge in [0.2, 0.25) is 0 Å². The fourth-order valence-electron chi connectivity index (χ4n) is 0. The summed E-state index contributed by atoms with van der Waals surface area (Å²) in [4.78, 5) is 0. The SMILES string of the molecule is C[C@@H](F)[S]. The number of rotatable bonds is 0. The first-order chi connectivity index (χ1) is 1.73. The van der Waals surface area contributed by atoms with E-state index >= 15 is 0 Å². The van der Waals surface area contributed by atoms with Crippen molar-refractivity contribution < 1.29 is 4.39 Å². The molecule has 1 atom stereocenters. The summed E-state index contributed by atoms with van der Waals surface area (Å²) in [6.45, 7) is 1.31. The Labute approximate surface area is 30.4 Å². The number of hydrogen-bond donors (Lipinski definition) is 0. The fourth-order valence-corrected chi connectivity index (χ4v) is 0. The van der Waals surface area contributed by atoms with Crippen molar-refractivity contribution in [1.29, 1.82) is 0 Å². The quantitative estimate of drug-likeness (QED) is 0.412. The summed E-state index contributed by atoms with van der Waals surface area (Å²) in [5.41, 5.74) is -1.08. The third kappa shape index (κ3) is 47.6. The van der Waals surface area contributed by atoms with E-state index in [9.17, 15) is 4.39 Å². The molecule has 0 unspecified atom stereocenters. The molecule has 2 heteroatoms. The van der Waals surface area contributed by atoms with Crippen LogP contribution in [0.2, 0.25) is 0 Å². The highest BCUT2D eigenvalue weighted by atomic mass is 32.1. The molecule has 0 aromatic carbocycles. The summed E-state index contributed by atoms with van der Waals surface area (Å²) in [5.74, 6) is 0. The summed E-state index contributed by atoms with van der Waals surface area (Å²) in [6.07, 6.45) is 0. The van der Waals surface area contributed by atoms with Gasteiger partial charge in [-0.3, -0.25) is 0 Å². The van der Waals surface area contributed by atoms with Crippen LogP contribution in [-0.2, 0) is 0 Å². The number of halogens is 1. The van der Waals surface area contributed by atoms with E-state index < -0.39 is 5.50 Å². The zero-order chi connectivity index (χ0) is 3.58. The zero-order valence-corrected chi connectivity index (χ0v) is 3.18. The Bertz CT molecular complexity index is 10.8. The van der Waals surface area contributed by atoms with Crippen LogP contribution in [-0.4, -0.2) is 5.50 Å². The van der Waals surface area contributed by atoms with Gasteiger partial charge in [-0.2, -0.15) is 0 Å². The van der Waals surface area contributed by atoms with Crippen molar-refractivity contribution in [3.63, 3.8) is 0 Å². The van der Waals surface area contributed by atoms with Gasteiger partial charge in [0.1, 0.15) is 0 Å². The second-order valence-electron chi connectivity index (χ2n) is 0.543. The molecule has 0 nitrogen and oxygen atoms in total. The van der Waals surface area contributed by atoms with Crippen molar-refractivity contribution in [1.82, 2.24) is 0 Å². The smallest absolute Gasteiger partial charge is 0.153 e. The molecule has 0 aliphatic carbocycles. The fraction of sp³-hybridized carbons (Fsp3) is 1.00. The first-order valence-electron chi connectivity index (χ1n) is 1.03. The molecule has 0 saturated carbocycles. The molecule has 0 rings (SSSR count). The van der Waals surface area contributed by atoms with E-state index in [1.165, 1.54) is 6.92 Å². The summed E-state index contributed by atoms with van der Waals surface area (Å²) in [5, 5.41) is 0. The third-order valence-electron chi connectivity index (χ3n) is 0. The number of hydrogen-bond acceptors (Lipinski definition) is 0. The van der Waals surface area contributed by atoms with Crippen LogP contribution in [0.15, 0.2) is 0 Å². The van der Waals surface area contributed by atoms with Gasteiger partial charge < -0.3 is 0 Å². The monoisotopic (exact) mass is 79.0 g/mol. The topological polar surface area (TPSA) is 0 Å². The molecule has 4 heavy (non-hydrogen) atoms. The van der Waals surface area contributed by atoms with Crippen LogP contribution < -0.4 is 0 Å². The van der Waals surface area contributed by atoms with E-state index in [4.69, 9.17) is 0 Å². The molecule has 0 aromatic heterocycles. The van der Waals surface area contributed by atoms with Crippen LogP contribution in [0.5, 0.6) is 0 Å². The van der Waals surface area contributed by atoms with Crippen LogP contribution in [0, 0.1) is 0 Å². The van der Waals surface area contributed by atoms with Crippen molar-refractivity contribution >= 4 is 12.6 Å². The lowest BCUT2D eigenvalue weighted by Crippen LogP contribution is -1.67. The predicted molar refractivity (Wildman–Crippen MR) is 18.2 cm³/mol. The second kappa shape index (κ2) is 1.58. The van der Waals surface area contributed by atoms with E-state index in [1.807, 2.05) is 0 Å². The van der Waals surface area contributed by atoms with E-state index in [0.29, 0.717) is 0 Å². The molecule has 1 radical (unpaired) electrons. The minimum Gasteiger partial charge on any atom is -0.235 e. The Hall–Kier alpha value is 0.280. The molecule has 0 heterocycles. The Kier molecular flexibility index (Phi) is 1.70. The predicted octanol–water partition coefficient (Wildman–Crippen LogP) is 1.50. The molecule has 0 fully saturated rings. The average Bonchev–Trinajstić information content (AvgIpc) is 0.811. The van der Waals surface area contributed by atoms with E-state index in [0.717, 1.165) is 0 Å².